The van der Waals surface area contributed by atoms with E-state index in [9.17, 15) is 9.59 Å². The normalized spacial score (nSPS) is 28.9. The third-order valence-corrected chi connectivity index (χ3v) is 2.76. The molecule has 0 spiro atoms. The van der Waals surface area contributed by atoms with Gasteiger partial charge in [0.05, 0.1) is 12.6 Å². The van der Waals surface area contributed by atoms with Crippen LogP contribution in [0.25, 0.3) is 0 Å². The summed E-state index contributed by atoms with van der Waals surface area (Å²) < 4.78 is 10.4. The van der Waals surface area contributed by atoms with Crippen LogP contribution in [0.4, 0.5) is 4.79 Å². The number of hydrogen-bond acceptors (Lipinski definition) is 4. The number of rotatable bonds is 0. The summed E-state index contributed by atoms with van der Waals surface area (Å²) in [7, 11) is 0. The molecule has 0 bridgehead atoms. The predicted octanol–water partition coefficient (Wildman–Crippen LogP) is 1.31. The molecule has 0 aliphatic carbocycles. The Balaban J connectivity index is 1.90. The highest BCUT2D eigenvalue weighted by molar-refractivity contribution is 5.74. The molecule has 0 saturated carbocycles. The lowest BCUT2D eigenvalue weighted by Gasteiger charge is -2.48. The fraction of sp³-hybridized carbons (Fsp3) is 0.818. The van der Waals surface area contributed by atoms with E-state index in [0.29, 0.717) is 19.4 Å². The van der Waals surface area contributed by atoms with E-state index < -0.39 is 5.60 Å². The molecule has 2 atom stereocenters. The molecule has 90 valence electrons. The molecule has 0 aromatic heterocycles. The Kier molecular flexibility index (Phi) is 2.56. The standard InChI is InChI=1S/C11H17NO4/c1-11(2,3)16-10(14)12-6-8-7(12)4-5-9(13)15-8/h7-8H,4-6H2,1-3H3. The summed E-state index contributed by atoms with van der Waals surface area (Å²) in [4.78, 5) is 24.4. The summed E-state index contributed by atoms with van der Waals surface area (Å²) in [5, 5.41) is 0. The fourth-order valence-electron chi connectivity index (χ4n) is 2.00. The van der Waals surface area contributed by atoms with Crippen molar-refractivity contribution in [3.05, 3.63) is 0 Å². The average Bonchev–Trinajstić information content (AvgIpc) is 2.06. The van der Waals surface area contributed by atoms with Gasteiger partial charge in [-0.15, -0.1) is 0 Å². The van der Waals surface area contributed by atoms with Gasteiger partial charge in [0.2, 0.25) is 0 Å². The molecule has 5 nitrogen and oxygen atoms in total. The summed E-state index contributed by atoms with van der Waals surface area (Å²) in [6.07, 6.45) is 0.643. The van der Waals surface area contributed by atoms with Gasteiger partial charge in [-0.25, -0.2) is 4.79 Å². The van der Waals surface area contributed by atoms with Gasteiger partial charge >= 0.3 is 12.1 Å². The molecule has 2 fully saturated rings. The number of likely N-dealkylation sites (tertiary alicyclic amines) is 1. The second kappa shape index (κ2) is 3.64. The van der Waals surface area contributed by atoms with Crippen LogP contribution in [0.3, 0.4) is 0 Å². The fourth-order valence-corrected chi connectivity index (χ4v) is 2.00. The van der Waals surface area contributed by atoms with Crippen molar-refractivity contribution in [3.8, 4) is 0 Å². The number of ether oxygens (including phenoxy) is 2. The van der Waals surface area contributed by atoms with Gasteiger partial charge in [-0.3, -0.25) is 9.69 Å². The number of nitrogens with zero attached hydrogens (tertiary/aromatic N) is 1. The van der Waals surface area contributed by atoms with Crippen LogP contribution in [0.2, 0.25) is 0 Å². The van der Waals surface area contributed by atoms with Gasteiger partial charge in [0, 0.05) is 6.42 Å². The van der Waals surface area contributed by atoms with E-state index in [4.69, 9.17) is 9.47 Å². The molecular formula is C11H17NO4. The van der Waals surface area contributed by atoms with Gasteiger partial charge in [-0.05, 0) is 27.2 Å². The quantitative estimate of drug-likeness (QED) is 0.585. The Bertz CT molecular complexity index is 320. The zero-order valence-electron chi connectivity index (χ0n) is 9.86. The molecule has 1 amide bonds. The maximum atomic E-state index is 11.7. The SMILES string of the molecule is CC(C)(C)OC(=O)N1CC2OC(=O)CCC21. The molecule has 0 radical (unpaired) electrons. The Morgan fingerprint density at radius 3 is 2.75 bits per heavy atom. The van der Waals surface area contributed by atoms with Crippen molar-refractivity contribution >= 4 is 12.1 Å². The molecule has 0 aromatic rings. The monoisotopic (exact) mass is 227 g/mol. The lowest BCUT2D eigenvalue weighted by Crippen LogP contribution is -2.65. The third kappa shape index (κ3) is 2.13. The van der Waals surface area contributed by atoms with Crippen molar-refractivity contribution in [2.24, 2.45) is 0 Å². The first-order valence-electron chi connectivity index (χ1n) is 5.56. The number of esters is 1. The Morgan fingerprint density at radius 2 is 2.19 bits per heavy atom. The molecule has 0 N–H and O–H groups in total. The molecule has 16 heavy (non-hydrogen) atoms. The van der Waals surface area contributed by atoms with Gasteiger partial charge in [-0.1, -0.05) is 0 Å². The lowest BCUT2D eigenvalue weighted by molar-refractivity contribution is -0.175. The highest BCUT2D eigenvalue weighted by Gasteiger charge is 2.48. The largest absolute Gasteiger partial charge is 0.458 e. The van der Waals surface area contributed by atoms with Crippen LogP contribution in [0.5, 0.6) is 0 Å². The van der Waals surface area contributed by atoms with Gasteiger partial charge < -0.3 is 9.47 Å². The number of hydrogen-bond donors (Lipinski definition) is 0. The molecule has 5 heteroatoms. The van der Waals surface area contributed by atoms with E-state index in [1.807, 2.05) is 20.8 Å². The molecule has 2 saturated heterocycles. The van der Waals surface area contributed by atoms with Crippen molar-refractivity contribution in [1.82, 2.24) is 4.90 Å². The Labute approximate surface area is 94.7 Å². The van der Waals surface area contributed by atoms with E-state index in [1.54, 1.807) is 4.90 Å². The van der Waals surface area contributed by atoms with Crippen molar-refractivity contribution < 1.29 is 19.1 Å². The van der Waals surface area contributed by atoms with Crippen LogP contribution < -0.4 is 0 Å². The van der Waals surface area contributed by atoms with Crippen molar-refractivity contribution in [3.63, 3.8) is 0 Å². The van der Waals surface area contributed by atoms with Crippen LogP contribution in [0, 0.1) is 0 Å². The van der Waals surface area contributed by atoms with Crippen LogP contribution in [0.15, 0.2) is 0 Å². The second-order valence-electron chi connectivity index (χ2n) is 5.27. The van der Waals surface area contributed by atoms with Gasteiger partial charge in [0.25, 0.3) is 0 Å². The summed E-state index contributed by atoms with van der Waals surface area (Å²) in [6, 6.07) is 0.0209. The first kappa shape index (κ1) is 11.2. The maximum Gasteiger partial charge on any atom is 0.410 e. The number of amides is 1. The highest BCUT2D eigenvalue weighted by Crippen LogP contribution is 2.31. The summed E-state index contributed by atoms with van der Waals surface area (Å²) in [6.45, 7) is 5.97. The number of carbonyl (C=O) groups is 2. The number of carbonyl (C=O) groups excluding carboxylic acids is 2. The molecule has 2 rings (SSSR count). The minimum absolute atomic E-state index is 0.0209. The smallest absolute Gasteiger partial charge is 0.410 e. The highest BCUT2D eigenvalue weighted by atomic mass is 16.6. The Morgan fingerprint density at radius 1 is 1.50 bits per heavy atom. The van der Waals surface area contributed by atoms with Gasteiger partial charge in [0.1, 0.15) is 11.7 Å². The van der Waals surface area contributed by atoms with E-state index in [1.165, 1.54) is 0 Å². The molecule has 2 unspecified atom stereocenters. The third-order valence-electron chi connectivity index (χ3n) is 2.76. The van der Waals surface area contributed by atoms with Gasteiger partial charge in [0.15, 0.2) is 0 Å². The first-order valence-corrected chi connectivity index (χ1v) is 5.56. The Hall–Kier alpha value is -1.26. The van der Waals surface area contributed by atoms with Crippen molar-refractivity contribution in [2.75, 3.05) is 6.54 Å². The van der Waals surface area contributed by atoms with Crippen LogP contribution in [-0.4, -0.2) is 41.3 Å². The van der Waals surface area contributed by atoms with Crippen molar-refractivity contribution in [2.45, 2.75) is 51.4 Å². The molecule has 2 aliphatic heterocycles. The minimum atomic E-state index is -0.479. The lowest BCUT2D eigenvalue weighted by atomic mass is 9.92. The average molecular weight is 227 g/mol. The molecule has 0 aromatic carbocycles. The molecule has 2 heterocycles. The van der Waals surface area contributed by atoms with E-state index in [-0.39, 0.29) is 24.2 Å². The first-order chi connectivity index (χ1) is 7.37. The maximum absolute atomic E-state index is 11.7. The van der Waals surface area contributed by atoms with Crippen LogP contribution in [-0.2, 0) is 14.3 Å². The van der Waals surface area contributed by atoms with Crippen molar-refractivity contribution in [1.29, 1.82) is 0 Å². The summed E-state index contributed by atoms with van der Waals surface area (Å²) >= 11 is 0. The zero-order valence-corrected chi connectivity index (χ0v) is 9.86. The molecule has 2 aliphatic rings. The molecular weight excluding hydrogens is 210 g/mol. The van der Waals surface area contributed by atoms with Crippen LogP contribution >= 0.6 is 0 Å². The zero-order chi connectivity index (χ0) is 11.9. The number of fused-ring (bicyclic) bond motifs is 1. The van der Waals surface area contributed by atoms with E-state index in [0.717, 1.165) is 0 Å². The van der Waals surface area contributed by atoms with Crippen LogP contribution in [0.1, 0.15) is 33.6 Å². The van der Waals surface area contributed by atoms with E-state index >= 15 is 0 Å². The second-order valence-corrected chi connectivity index (χ2v) is 5.27. The van der Waals surface area contributed by atoms with E-state index in [2.05, 4.69) is 0 Å². The topological polar surface area (TPSA) is 55.8 Å². The summed E-state index contributed by atoms with van der Waals surface area (Å²) in [5.74, 6) is -0.162. The predicted molar refractivity (Wildman–Crippen MR) is 55.8 cm³/mol. The minimum Gasteiger partial charge on any atom is -0.458 e. The van der Waals surface area contributed by atoms with Gasteiger partial charge in [-0.2, -0.15) is 0 Å². The summed E-state index contributed by atoms with van der Waals surface area (Å²) in [5.41, 5.74) is -0.479.